The molecule has 1 N–H and O–H groups in total. The average molecular weight is 535 g/mol. The molecule has 2 aliphatic heterocycles. The first-order valence-corrected chi connectivity index (χ1v) is 11.9. The molecule has 0 radical (unpaired) electrons. The first kappa shape index (κ1) is 25.9. The summed E-state index contributed by atoms with van der Waals surface area (Å²) < 4.78 is 72.8. The molecule has 2 atom stereocenters. The molecule has 3 heterocycles. The van der Waals surface area contributed by atoms with Crippen molar-refractivity contribution in [1.82, 2.24) is 25.2 Å². The molecule has 2 aliphatic rings. The van der Waals surface area contributed by atoms with Crippen molar-refractivity contribution in [3.05, 3.63) is 70.8 Å². The second-order valence-corrected chi connectivity index (χ2v) is 9.11. The van der Waals surface area contributed by atoms with E-state index in [4.69, 9.17) is 14.2 Å². The lowest BCUT2D eigenvalue weighted by atomic mass is 10.1. The van der Waals surface area contributed by atoms with Crippen LogP contribution in [0, 0.1) is 5.82 Å². The number of nitrogens with zero attached hydrogens (tertiary/aromatic N) is 4. The fourth-order valence-electron chi connectivity index (χ4n) is 4.54. The van der Waals surface area contributed by atoms with E-state index in [0.29, 0.717) is 35.4 Å². The van der Waals surface area contributed by atoms with Crippen molar-refractivity contribution in [3.63, 3.8) is 0 Å². The number of nitrogens with one attached hydrogen (secondary N) is 1. The van der Waals surface area contributed by atoms with E-state index in [9.17, 15) is 22.4 Å². The summed E-state index contributed by atoms with van der Waals surface area (Å²) in [5.74, 6) is -0.278. The molecule has 1 aromatic heterocycles. The number of hydrogen-bond donors (Lipinski definition) is 1. The number of ether oxygens (including phenoxy) is 3. The SMILES string of the molecule is COc1ccc2cc1OCCn1cc(nn1)CO[C@H]1CN(Cc3cc(C(F)(F)F)ccc3F)C[C@@H]1NC2=O. The third-order valence-corrected chi connectivity index (χ3v) is 6.46. The van der Waals surface area contributed by atoms with Crippen LogP contribution in [0.1, 0.15) is 27.2 Å². The van der Waals surface area contributed by atoms with Crippen LogP contribution in [0.3, 0.4) is 0 Å². The molecule has 0 saturated carbocycles. The number of rotatable bonds is 3. The van der Waals surface area contributed by atoms with Crippen LogP contribution in [0.15, 0.2) is 42.6 Å². The number of hydrogen-bond acceptors (Lipinski definition) is 7. The van der Waals surface area contributed by atoms with Crippen molar-refractivity contribution in [2.45, 2.75) is 38.0 Å². The highest BCUT2D eigenvalue weighted by molar-refractivity contribution is 5.95. The van der Waals surface area contributed by atoms with Gasteiger partial charge in [-0.1, -0.05) is 5.21 Å². The zero-order chi connectivity index (χ0) is 26.9. The highest BCUT2D eigenvalue weighted by Gasteiger charge is 2.36. The van der Waals surface area contributed by atoms with Gasteiger partial charge in [-0.25, -0.2) is 9.07 Å². The predicted octanol–water partition coefficient (Wildman–Crippen LogP) is 3.04. The molecular weight excluding hydrogens is 510 g/mol. The molecule has 38 heavy (non-hydrogen) atoms. The van der Waals surface area contributed by atoms with Gasteiger partial charge in [-0.15, -0.1) is 5.10 Å². The molecule has 0 unspecified atom stereocenters. The number of amides is 1. The Morgan fingerprint density at radius 2 is 2.03 bits per heavy atom. The molecule has 13 heteroatoms. The molecule has 1 amide bonds. The minimum atomic E-state index is -4.59. The highest BCUT2D eigenvalue weighted by Crippen LogP contribution is 2.31. The van der Waals surface area contributed by atoms with Gasteiger partial charge in [0.2, 0.25) is 0 Å². The second kappa shape index (κ2) is 10.6. The zero-order valence-electron chi connectivity index (χ0n) is 20.4. The number of likely N-dealkylation sites (tertiary alicyclic amines) is 1. The monoisotopic (exact) mass is 535 g/mol. The minimum Gasteiger partial charge on any atom is -0.493 e. The number of carbonyl (C=O) groups is 1. The van der Waals surface area contributed by atoms with Crippen molar-refractivity contribution in [2.24, 2.45) is 0 Å². The fraction of sp³-hybridized carbons (Fsp3) is 0.400. The molecular formula is C25H25F4N5O4. The quantitative estimate of drug-likeness (QED) is 0.516. The van der Waals surface area contributed by atoms with Crippen LogP contribution in [-0.2, 0) is 30.6 Å². The maximum absolute atomic E-state index is 14.4. The van der Waals surface area contributed by atoms with Crippen molar-refractivity contribution < 1.29 is 36.6 Å². The fourth-order valence-corrected chi connectivity index (χ4v) is 4.54. The van der Waals surface area contributed by atoms with E-state index in [1.165, 1.54) is 7.11 Å². The van der Waals surface area contributed by atoms with E-state index < -0.39 is 29.7 Å². The van der Waals surface area contributed by atoms with Crippen LogP contribution in [0.2, 0.25) is 0 Å². The number of alkyl halides is 3. The van der Waals surface area contributed by atoms with Crippen LogP contribution in [-0.4, -0.2) is 64.8 Å². The van der Waals surface area contributed by atoms with Gasteiger partial charge in [-0.3, -0.25) is 9.69 Å². The lowest BCUT2D eigenvalue weighted by Crippen LogP contribution is -2.44. The summed E-state index contributed by atoms with van der Waals surface area (Å²) in [5.41, 5.74) is -0.120. The Balaban J connectivity index is 1.40. The van der Waals surface area contributed by atoms with Crippen LogP contribution >= 0.6 is 0 Å². The topological polar surface area (TPSA) is 90.7 Å². The summed E-state index contributed by atoms with van der Waals surface area (Å²) in [6.07, 6.45) is -3.40. The molecule has 0 spiro atoms. The van der Waals surface area contributed by atoms with E-state index in [2.05, 4.69) is 15.6 Å². The Kier molecular flexibility index (Phi) is 7.21. The van der Waals surface area contributed by atoms with Crippen LogP contribution < -0.4 is 14.8 Å². The molecule has 0 aliphatic carbocycles. The van der Waals surface area contributed by atoms with Crippen molar-refractivity contribution in [3.8, 4) is 11.5 Å². The van der Waals surface area contributed by atoms with Crippen LogP contribution in [0.25, 0.3) is 0 Å². The normalized spacial score (nSPS) is 20.6. The standard InChI is InChI=1S/C25H25F4N5O4/c1-36-21-5-2-15-9-22(21)37-7-6-34-11-18(31-32-34)14-38-23-13-33(12-20(23)30-24(15)35)10-16-8-17(25(27,28)29)3-4-19(16)26/h2-5,8-9,11,20,23H,6-7,10,12-14H2,1H3,(H,30,35)/t20-,23-/m0/s1. The number of methoxy groups -OCH3 is 1. The minimum absolute atomic E-state index is 0.0846. The van der Waals surface area contributed by atoms with Gasteiger partial charge < -0.3 is 19.5 Å². The Labute approximate surface area is 215 Å². The van der Waals surface area contributed by atoms with Gasteiger partial charge >= 0.3 is 6.18 Å². The maximum atomic E-state index is 14.4. The van der Waals surface area contributed by atoms with Gasteiger partial charge in [0.05, 0.1) is 44.2 Å². The number of benzene rings is 2. The van der Waals surface area contributed by atoms with E-state index in [0.717, 1.165) is 12.1 Å². The largest absolute Gasteiger partial charge is 0.493 e. The summed E-state index contributed by atoms with van der Waals surface area (Å²) in [6.45, 7) is 1.17. The summed E-state index contributed by atoms with van der Waals surface area (Å²) in [6, 6.07) is 6.62. The number of fused-ring (bicyclic) bond motifs is 5. The van der Waals surface area contributed by atoms with Gasteiger partial charge in [0.15, 0.2) is 11.5 Å². The Morgan fingerprint density at radius 1 is 1.18 bits per heavy atom. The van der Waals surface area contributed by atoms with E-state index >= 15 is 0 Å². The Hall–Kier alpha value is -3.71. The summed E-state index contributed by atoms with van der Waals surface area (Å²) >= 11 is 0. The molecule has 202 valence electrons. The number of aromatic nitrogens is 3. The Bertz CT molecular complexity index is 1320. The third-order valence-electron chi connectivity index (χ3n) is 6.46. The van der Waals surface area contributed by atoms with Gasteiger partial charge in [-0.05, 0) is 36.4 Å². The van der Waals surface area contributed by atoms with Crippen molar-refractivity contribution in [2.75, 3.05) is 26.8 Å². The van der Waals surface area contributed by atoms with Gasteiger partial charge in [0, 0.05) is 30.8 Å². The van der Waals surface area contributed by atoms with Gasteiger partial charge in [0.25, 0.3) is 5.91 Å². The van der Waals surface area contributed by atoms with Crippen molar-refractivity contribution >= 4 is 5.91 Å². The smallest absolute Gasteiger partial charge is 0.416 e. The van der Waals surface area contributed by atoms with E-state index in [1.54, 1.807) is 34.0 Å². The zero-order valence-corrected chi connectivity index (χ0v) is 20.4. The predicted molar refractivity (Wildman–Crippen MR) is 125 cm³/mol. The van der Waals surface area contributed by atoms with Gasteiger partial charge in [0.1, 0.15) is 18.1 Å². The molecule has 4 bridgehead atoms. The lowest BCUT2D eigenvalue weighted by molar-refractivity contribution is -0.137. The summed E-state index contributed by atoms with van der Waals surface area (Å²) in [7, 11) is 1.50. The first-order chi connectivity index (χ1) is 18.2. The molecule has 1 saturated heterocycles. The molecule has 1 fully saturated rings. The number of carbonyl (C=O) groups excluding carboxylic acids is 1. The summed E-state index contributed by atoms with van der Waals surface area (Å²) in [5, 5.41) is 11.1. The van der Waals surface area contributed by atoms with Crippen LogP contribution in [0.5, 0.6) is 11.5 Å². The molecule has 2 aromatic carbocycles. The van der Waals surface area contributed by atoms with Crippen LogP contribution in [0.4, 0.5) is 17.6 Å². The lowest BCUT2D eigenvalue weighted by Gasteiger charge is -2.20. The number of halogens is 4. The summed E-state index contributed by atoms with van der Waals surface area (Å²) in [4.78, 5) is 14.9. The first-order valence-electron chi connectivity index (χ1n) is 11.9. The van der Waals surface area contributed by atoms with E-state index in [-0.39, 0.29) is 44.3 Å². The highest BCUT2D eigenvalue weighted by atomic mass is 19.4. The molecule has 9 nitrogen and oxygen atoms in total. The molecule has 5 rings (SSSR count). The average Bonchev–Trinajstić information content (AvgIpc) is 3.49. The molecule has 3 aromatic rings. The second-order valence-electron chi connectivity index (χ2n) is 9.11. The van der Waals surface area contributed by atoms with E-state index in [1.807, 2.05) is 0 Å². The third kappa shape index (κ3) is 5.73. The maximum Gasteiger partial charge on any atom is 0.416 e. The van der Waals surface area contributed by atoms with Gasteiger partial charge in [-0.2, -0.15) is 13.2 Å². The van der Waals surface area contributed by atoms with Crippen molar-refractivity contribution in [1.29, 1.82) is 0 Å². The Morgan fingerprint density at radius 3 is 2.82 bits per heavy atom.